The molecule has 3 heterocycles. The average molecular weight is 435 g/mol. The van der Waals surface area contributed by atoms with E-state index >= 15 is 0 Å². The van der Waals surface area contributed by atoms with Gasteiger partial charge in [0.1, 0.15) is 28.9 Å². The van der Waals surface area contributed by atoms with Crippen LogP contribution >= 0.6 is 0 Å². The molecule has 2 N–H and O–H groups in total. The zero-order valence-electron chi connectivity index (χ0n) is 16.2. The Balaban J connectivity index is 1.72. The molecule has 3 aromatic rings. The summed E-state index contributed by atoms with van der Waals surface area (Å²) in [6.45, 7) is 0.962. The van der Waals surface area contributed by atoms with Crippen molar-refractivity contribution in [3.8, 4) is 17.1 Å². The van der Waals surface area contributed by atoms with Crippen LogP contribution in [0.25, 0.3) is 11.4 Å². The number of benzene rings is 1. The highest BCUT2D eigenvalue weighted by Crippen LogP contribution is 2.31. The predicted octanol–water partition coefficient (Wildman–Crippen LogP) is 4.26. The van der Waals surface area contributed by atoms with E-state index in [-0.39, 0.29) is 28.9 Å². The maximum atomic E-state index is 14.5. The molecule has 0 bridgehead atoms. The second kappa shape index (κ2) is 8.34. The van der Waals surface area contributed by atoms with E-state index in [1.165, 1.54) is 37.4 Å². The smallest absolute Gasteiger partial charge is 0.433 e. The second-order valence-electron chi connectivity index (χ2n) is 6.74. The number of halogens is 4. The summed E-state index contributed by atoms with van der Waals surface area (Å²) in [5.41, 5.74) is -0.840. The summed E-state index contributed by atoms with van der Waals surface area (Å²) in [6.07, 6.45) is -3.55. The van der Waals surface area contributed by atoms with E-state index in [2.05, 4.69) is 25.6 Å². The maximum Gasteiger partial charge on any atom is 0.433 e. The molecule has 1 aliphatic heterocycles. The van der Waals surface area contributed by atoms with Crippen LogP contribution in [0.5, 0.6) is 5.75 Å². The molecule has 2 aromatic heterocycles. The van der Waals surface area contributed by atoms with Crippen molar-refractivity contribution in [2.45, 2.75) is 12.2 Å². The lowest BCUT2D eigenvalue weighted by Gasteiger charge is -2.27. The number of ether oxygens (including phenoxy) is 2. The molecule has 0 aliphatic carbocycles. The highest BCUT2D eigenvalue weighted by atomic mass is 19.4. The lowest BCUT2D eigenvalue weighted by atomic mass is 10.2. The molecule has 0 amide bonds. The number of aromatic nitrogens is 3. The monoisotopic (exact) mass is 435 g/mol. The number of nitrogens with zero attached hydrogens (tertiary/aromatic N) is 3. The lowest BCUT2D eigenvalue weighted by molar-refractivity contribution is -0.141. The minimum absolute atomic E-state index is 0.0171. The Morgan fingerprint density at radius 2 is 1.84 bits per heavy atom. The predicted molar refractivity (Wildman–Crippen MR) is 105 cm³/mol. The molecule has 0 atom stereocenters. The number of hydrogen-bond acceptors (Lipinski definition) is 7. The Labute approximate surface area is 174 Å². The van der Waals surface area contributed by atoms with Crippen LogP contribution in [0.3, 0.4) is 0 Å². The first-order chi connectivity index (χ1) is 14.8. The van der Waals surface area contributed by atoms with Crippen molar-refractivity contribution in [1.82, 2.24) is 15.0 Å². The number of alkyl halides is 3. The van der Waals surface area contributed by atoms with Gasteiger partial charge in [0.15, 0.2) is 5.82 Å². The number of nitrogens with one attached hydrogen (secondary N) is 2. The topological polar surface area (TPSA) is 81.2 Å². The average Bonchev–Trinajstić information content (AvgIpc) is 2.70. The fraction of sp³-hybridized carbons (Fsp3) is 0.250. The van der Waals surface area contributed by atoms with Crippen LogP contribution in [0.4, 0.5) is 34.9 Å². The van der Waals surface area contributed by atoms with Gasteiger partial charge >= 0.3 is 6.18 Å². The van der Waals surface area contributed by atoms with E-state index in [1.807, 2.05) is 0 Å². The molecule has 11 heteroatoms. The minimum Gasteiger partial charge on any atom is -0.497 e. The van der Waals surface area contributed by atoms with Crippen molar-refractivity contribution in [2.75, 3.05) is 31.0 Å². The van der Waals surface area contributed by atoms with Crippen LogP contribution in [0.15, 0.2) is 42.6 Å². The number of anilines is 3. The molecular formula is C20H17F4N5O2. The van der Waals surface area contributed by atoms with Gasteiger partial charge in [0.25, 0.3) is 0 Å². The van der Waals surface area contributed by atoms with E-state index in [0.29, 0.717) is 24.8 Å². The van der Waals surface area contributed by atoms with Crippen LogP contribution in [0.2, 0.25) is 0 Å². The maximum absolute atomic E-state index is 14.5. The van der Waals surface area contributed by atoms with Gasteiger partial charge in [-0.2, -0.15) is 13.2 Å². The highest BCUT2D eigenvalue weighted by Gasteiger charge is 2.32. The molecule has 0 radical (unpaired) electrons. The van der Waals surface area contributed by atoms with Crippen molar-refractivity contribution < 1.29 is 27.0 Å². The van der Waals surface area contributed by atoms with E-state index < -0.39 is 17.7 Å². The van der Waals surface area contributed by atoms with Crippen molar-refractivity contribution in [2.24, 2.45) is 0 Å². The molecule has 0 spiro atoms. The van der Waals surface area contributed by atoms with E-state index in [1.54, 1.807) is 0 Å². The van der Waals surface area contributed by atoms with Gasteiger partial charge in [0.05, 0.1) is 31.9 Å². The Morgan fingerprint density at radius 3 is 2.52 bits per heavy atom. The Morgan fingerprint density at radius 1 is 1.06 bits per heavy atom. The van der Waals surface area contributed by atoms with Crippen molar-refractivity contribution >= 4 is 17.3 Å². The first kappa shape index (κ1) is 20.8. The van der Waals surface area contributed by atoms with E-state index in [9.17, 15) is 17.6 Å². The summed E-state index contributed by atoms with van der Waals surface area (Å²) in [6, 6.07) is 7.90. The largest absolute Gasteiger partial charge is 0.497 e. The van der Waals surface area contributed by atoms with Crippen molar-refractivity contribution in [1.29, 1.82) is 0 Å². The van der Waals surface area contributed by atoms with Gasteiger partial charge in [-0.1, -0.05) is 0 Å². The van der Waals surface area contributed by atoms with Gasteiger partial charge in [0, 0.05) is 18.0 Å². The molecule has 0 unspecified atom stereocenters. The van der Waals surface area contributed by atoms with E-state index in [4.69, 9.17) is 9.47 Å². The van der Waals surface area contributed by atoms with Gasteiger partial charge in [-0.25, -0.2) is 14.4 Å². The van der Waals surface area contributed by atoms with Crippen molar-refractivity contribution in [3.63, 3.8) is 0 Å². The van der Waals surface area contributed by atoms with Gasteiger partial charge in [-0.3, -0.25) is 4.98 Å². The van der Waals surface area contributed by atoms with Gasteiger partial charge < -0.3 is 20.1 Å². The second-order valence-corrected chi connectivity index (χ2v) is 6.74. The van der Waals surface area contributed by atoms with Gasteiger partial charge in [-0.15, -0.1) is 0 Å². The molecule has 0 saturated carbocycles. The molecule has 1 fully saturated rings. The van der Waals surface area contributed by atoms with Gasteiger partial charge in [-0.05, 0) is 30.3 Å². The van der Waals surface area contributed by atoms with Crippen LogP contribution < -0.4 is 15.4 Å². The van der Waals surface area contributed by atoms with Crippen LogP contribution in [-0.2, 0) is 10.9 Å². The fourth-order valence-electron chi connectivity index (χ4n) is 2.85. The molecule has 162 valence electrons. The quantitative estimate of drug-likeness (QED) is 0.560. The van der Waals surface area contributed by atoms with Crippen LogP contribution in [-0.4, -0.2) is 41.3 Å². The summed E-state index contributed by atoms with van der Waals surface area (Å²) in [5, 5.41) is 5.94. The highest BCUT2D eigenvalue weighted by molar-refractivity contribution is 5.66. The number of pyridine rings is 1. The molecule has 1 saturated heterocycles. The van der Waals surface area contributed by atoms with Crippen molar-refractivity contribution in [3.05, 3.63) is 54.1 Å². The third-order valence-electron chi connectivity index (χ3n) is 4.45. The summed E-state index contributed by atoms with van der Waals surface area (Å²) in [4.78, 5) is 12.0. The zero-order valence-corrected chi connectivity index (χ0v) is 16.2. The molecular weight excluding hydrogens is 418 g/mol. The SMILES string of the molecule is COc1ccc(F)c(-c2nc(Nc3ccnc(C(F)(F)F)c3)cc(NC3COC3)n2)c1. The third kappa shape index (κ3) is 4.82. The third-order valence-corrected chi connectivity index (χ3v) is 4.45. The number of methoxy groups -OCH3 is 1. The standard InChI is InChI=1S/C20H17F4N5O2/c1-30-13-2-3-15(21)14(7-13)19-28-17(8-18(29-19)27-12-9-31-10-12)26-11-4-5-25-16(6-11)20(22,23)24/h2-8,12H,9-10H2,1H3,(H2,25,26,27,28,29). The summed E-state index contributed by atoms with van der Waals surface area (Å²) in [7, 11) is 1.45. The molecule has 31 heavy (non-hydrogen) atoms. The molecule has 1 aromatic carbocycles. The van der Waals surface area contributed by atoms with Crippen LogP contribution in [0, 0.1) is 5.82 Å². The number of rotatable bonds is 6. The Kier molecular flexibility index (Phi) is 5.59. The van der Waals surface area contributed by atoms with E-state index in [0.717, 1.165) is 12.3 Å². The molecule has 7 nitrogen and oxygen atoms in total. The first-order valence-corrected chi connectivity index (χ1v) is 9.19. The molecule has 4 rings (SSSR count). The zero-order chi connectivity index (χ0) is 22.0. The number of hydrogen-bond donors (Lipinski definition) is 2. The van der Waals surface area contributed by atoms with Gasteiger partial charge in [0.2, 0.25) is 0 Å². The Bertz CT molecular complexity index is 1090. The fourth-order valence-corrected chi connectivity index (χ4v) is 2.85. The summed E-state index contributed by atoms with van der Waals surface area (Å²) in [5.74, 6) is 0.417. The first-order valence-electron chi connectivity index (χ1n) is 9.19. The normalized spacial score (nSPS) is 14.1. The summed E-state index contributed by atoms with van der Waals surface area (Å²) >= 11 is 0. The Hall–Kier alpha value is -3.47. The molecule has 1 aliphatic rings. The van der Waals surface area contributed by atoms with Crippen LogP contribution in [0.1, 0.15) is 5.69 Å². The summed E-state index contributed by atoms with van der Waals surface area (Å²) < 4.78 is 63.7. The lowest BCUT2D eigenvalue weighted by Crippen LogP contribution is -2.40. The minimum atomic E-state index is -4.59.